The molecule has 4 rings (SSSR count). The normalized spacial score (nSPS) is 19.0. The summed E-state index contributed by atoms with van der Waals surface area (Å²) in [5.74, 6) is 0.405. The predicted octanol–water partition coefficient (Wildman–Crippen LogP) is 4.63. The summed E-state index contributed by atoms with van der Waals surface area (Å²) in [7, 11) is 0. The maximum atomic E-state index is 13.3. The molecule has 0 saturated carbocycles. The molecule has 2 atom stereocenters. The van der Waals surface area contributed by atoms with Crippen LogP contribution in [0.3, 0.4) is 0 Å². The van der Waals surface area contributed by atoms with E-state index in [1.807, 2.05) is 60.4 Å². The number of aromatic nitrogens is 2. The molecule has 1 aliphatic heterocycles. The maximum Gasteiger partial charge on any atom is 0.262 e. The van der Waals surface area contributed by atoms with E-state index in [0.29, 0.717) is 22.6 Å². The van der Waals surface area contributed by atoms with E-state index in [-0.39, 0.29) is 29.3 Å². The van der Waals surface area contributed by atoms with E-state index < -0.39 is 0 Å². The van der Waals surface area contributed by atoms with E-state index in [1.165, 1.54) is 23.7 Å². The molecule has 1 amide bonds. The monoisotopic (exact) mass is 435 g/mol. The van der Waals surface area contributed by atoms with Crippen molar-refractivity contribution >= 4 is 28.6 Å². The molecule has 31 heavy (non-hydrogen) atoms. The van der Waals surface area contributed by atoms with Gasteiger partial charge in [0.2, 0.25) is 5.91 Å². The SMILES string of the molecule is Cc1ccc(Cn2c(SCC(=O)N3C(C)CCCC3C)nc3ccccc3c2=O)cc1. The number of aryl methyl sites for hydroxylation is 1. The van der Waals surface area contributed by atoms with Crippen molar-refractivity contribution in [2.75, 3.05) is 5.75 Å². The lowest BCUT2D eigenvalue weighted by molar-refractivity contribution is -0.134. The highest BCUT2D eigenvalue weighted by Gasteiger charge is 2.29. The zero-order valence-corrected chi connectivity index (χ0v) is 19.2. The first kappa shape index (κ1) is 21.6. The molecule has 2 unspecified atom stereocenters. The lowest BCUT2D eigenvalue weighted by Crippen LogP contribution is -2.48. The molecule has 6 heteroatoms. The summed E-state index contributed by atoms with van der Waals surface area (Å²) in [5, 5.41) is 1.19. The van der Waals surface area contributed by atoms with Crippen molar-refractivity contribution in [1.29, 1.82) is 0 Å². The molecule has 0 spiro atoms. The van der Waals surface area contributed by atoms with Crippen LogP contribution in [0.4, 0.5) is 0 Å². The van der Waals surface area contributed by atoms with Crippen molar-refractivity contribution in [2.24, 2.45) is 0 Å². The number of amides is 1. The van der Waals surface area contributed by atoms with Gasteiger partial charge >= 0.3 is 0 Å². The lowest BCUT2D eigenvalue weighted by Gasteiger charge is -2.39. The first-order valence-corrected chi connectivity index (χ1v) is 11.9. The van der Waals surface area contributed by atoms with Gasteiger partial charge in [0.05, 0.1) is 23.2 Å². The highest BCUT2D eigenvalue weighted by molar-refractivity contribution is 7.99. The van der Waals surface area contributed by atoms with Gasteiger partial charge in [0.25, 0.3) is 5.56 Å². The topological polar surface area (TPSA) is 55.2 Å². The Balaban J connectivity index is 1.64. The second-order valence-electron chi connectivity index (χ2n) is 8.51. The number of para-hydroxylation sites is 1. The van der Waals surface area contributed by atoms with Gasteiger partial charge in [0.1, 0.15) is 0 Å². The minimum atomic E-state index is -0.0687. The minimum absolute atomic E-state index is 0.0687. The Kier molecular flexibility index (Phi) is 6.46. The van der Waals surface area contributed by atoms with Crippen LogP contribution in [0.25, 0.3) is 10.9 Å². The van der Waals surface area contributed by atoms with Gasteiger partial charge in [-0.05, 0) is 57.7 Å². The third kappa shape index (κ3) is 4.69. The molecular formula is C25H29N3O2S. The molecule has 0 aliphatic carbocycles. The fraction of sp³-hybridized carbons (Fsp3) is 0.400. The first-order valence-electron chi connectivity index (χ1n) is 10.9. The van der Waals surface area contributed by atoms with E-state index >= 15 is 0 Å². The molecule has 3 aromatic rings. The van der Waals surface area contributed by atoms with Gasteiger partial charge < -0.3 is 4.90 Å². The van der Waals surface area contributed by atoms with Crippen LogP contribution in [0.2, 0.25) is 0 Å². The molecule has 2 aromatic carbocycles. The molecule has 1 saturated heterocycles. The number of fused-ring (bicyclic) bond motifs is 1. The number of hydrogen-bond donors (Lipinski definition) is 0. The van der Waals surface area contributed by atoms with Crippen LogP contribution in [0.1, 0.15) is 44.2 Å². The second-order valence-corrected chi connectivity index (χ2v) is 9.45. The summed E-state index contributed by atoms with van der Waals surface area (Å²) in [6, 6.07) is 16.1. The highest BCUT2D eigenvalue weighted by atomic mass is 32.2. The van der Waals surface area contributed by atoms with Gasteiger partial charge in [-0.25, -0.2) is 4.98 Å². The zero-order chi connectivity index (χ0) is 22.0. The van der Waals surface area contributed by atoms with Gasteiger partial charge in [-0.15, -0.1) is 0 Å². The van der Waals surface area contributed by atoms with Crippen LogP contribution in [-0.4, -0.2) is 38.2 Å². The highest BCUT2D eigenvalue weighted by Crippen LogP contribution is 2.25. The molecule has 1 fully saturated rings. The standard InChI is InChI=1S/C25H29N3O2S/c1-17-11-13-20(14-12-17)15-27-24(30)21-9-4-5-10-22(21)26-25(27)31-16-23(29)28-18(2)7-6-8-19(28)3/h4-5,9-14,18-19H,6-8,15-16H2,1-3H3. The van der Waals surface area contributed by atoms with E-state index in [0.717, 1.165) is 18.4 Å². The average Bonchev–Trinajstić information content (AvgIpc) is 2.76. The quantitative estimate of drug-likeness (QED) is 0.433. The first-order chi connectivity index (χ1) is 14.9. The van der Waals surface area contributed by atoms with Crippen LogP contribution in [0.5, 0.6) is 0 Å². The number of carbonyl (C=O) groups is 1. The van der Waals surface area contributed by atoms with Crippen LogP contribution >= 0.6 is 11.8 Å². The lowest BCUT2D eigenvalue weighted by atomic mass is 9.98. The molecule has 1 aromatic heterocycles. The van der Waals surface area contributed by atoms with E-state index in [1.54, 1.807) is 4.57 Å². The van der Waals surface area contributed by atoms with Crippen molar-refractivity contribution < 1.29 is 4.79 Å². The Morgan fingerprint density at radius 2 is 1.74 bits per heavy atom. The van der Waals surface area contributed by atoms with Crippen LogP contribution in [0, 0.1) is 6.92 Å². The Hall–Kier alpha value is -2.60. The number of rotatable bonds is 5. The van der Waals surface area contributed by atoms with Crippen LogP contribution < -0.4 is 5.56 Å². The zero-order valence-electron chi connectivity index (χ0n) is 18.4. The molecule has 0 radical (unpaired) electrons. The minimum Gasteiger partial charge on any atom is -0.337 e. The Morgan fingerprint density at radius 3 is 2.45 bits per heavy atom. The summed E-state index contributed by atoms with van der Waals surface area (Å²) >= 11 is 1.36. The maximum absolute atomic E-state index is 13.3. The number of piperidine rings is 1. The predicted molar refractivity (Wildman–Crippen MR) is 127 cm³/mol. The molecule has 0 bridgehead atoms. The average molecular weight is 436 g/mol. The summed E-state index contributed by atoms with van der Waals surface area (Å²) in [5.41, 5.74) is 2.82. The number of thioether (sulfide) groups is 1. The van der Waals surface area contributed by atoms with E-state index in [9.17, 15) is 9.59 Å². The van der Waals surface area contributed by atoms with Gasteiger partial charge in [0, 0.05) is 12.1 Å². The van der Waals surface area contributed by atoms with Crippen LogP contribution in [0.15, 0.2) is 58.5 Å². The number of nitrogens with zero attached hydrogens (tertiary/aromatic N) is 3. The number of benzene rings is 2. The van der Waals surface area contributed by atoms with E-state index in [4.69, 9.17) is 4.98 Å². The molecule has 1 aliphatic rings. The smallest absolute Gasteiger partial charge is 0.262 e. The summed E-state index contributed by atoms with van der Waals surface area (Å²) in [6.07, 6.45) is 3.27. The molecule has 162 valence electrons. The summed E-state index contributed by atoms with van der Waals surface area (Å²) in [6.45, 7) is 6.73. The van der Waals surface area contributed by atoms with Crippen molar-refractivity contribution in [3.05, 3.63) is 70.0 Å². The molecule has 5 nitrogen and oxygen atoms in total. The van der Waals surface area contributed by atoms with Crippen molar-refractivity contribution in [1.82, 2.24) is 14.5 Å². The number of carbonyl (C=O) groups excluding carboxylic acids is 1. The Labute approximate surface area is 187 Å². The molecule has 0 N–H and O–H groups in total. The van der Waals surface area contributed by atoms with Gasteiger partial charge in [0.15, 0.2) is 5.16 Å². The third-order valence-corrected chi connectivity index (χ3v) is 7.06. The van der Waals surface area contributed by atoms with Crippen molar-refractivity contribution in [3.8, 4) is 0 Å². The third-order valence-electron chi connectivity index (χ3n) is 6.09. The summed E-state index contributed by atoms with van der Waals surface area (Å²) in [4.78, 5) is 33.1. The van der Waals surface area contributed by atoms with Crippen molar-refractivity contribution in [3.63, 3.8) is 0 Å². The van der Waals surface area contributed by atoms with Gasteiger partial charge in [-0.1, -0.05) is 53.7 Å². The molecular weight excluding hydrogens is 406 g/mol. The fourth-order valence-corrected chi connectivity index (χ4v) is 5.25. The van der Waals surface area contributed by atoms with Gasteiger partial charge in [-0.2, -0.15) is 0 Å². The summed E-state index contributed by atoms with van der Waals surface area (Å²) < 4.78 is 1.70. The largest absolute Gasteiger partial charge is 0.337 e. The molecule has 2 heterocycles. The Morgan fingerprint density at radius 1 is 1.06 bits per heavy atom. The second kappa shape index (κ2) is 9.27. The van der Waals surface area contributed by atoms with Crippen molar-refractivity contribution in [2.45, 2.75) is 63.8 Å². The van der Waals surface area contributed by atoms with Gasteiger partial charge in [-0.3, -0.25) is 14.2 Å². The number of hydrogen-bond acceptors (Lipinski definition) is 4. The van der Waals surface area contributed by atoms with Crippen LogP contribution in [-0.2, 0) is 11.3 Å². The van der Waals surface area contributed by atoms with E-state index in [2.05, 4.69) is 13.8 Å². The number of likely N-dealkylation sites (tertiary alicyclic amines) is 1. The fourth-order valence-electron chi connectivity index (χ4n) is 4.39. The Bertz CT molecular complexity index is 1130.